The zero-order valence-electron chi connectivity index (χ0n) is 15.3. The summed E-state index contributed by atoms with van der Waals surface area (Å²) in [4.78, 5) is 35.8. The maximum Gasteiger partial charge on any atom is 0.328 e. The number of benzene rings is 1. The van der Waals surface area contributed by atoms with Gasteiger partial charge in [0.05, 0.1) is 7.11 Å². The number of carbonyl (C=O) groups is 3. The zero-order chi connectivity index (χ0) is 18.8. The molecule has 5 nitrogen and oxygen atoms in total. The van der Waals surface area contributed by atoms with Gasteiger partial charge in [0.15, 0.2) is 5.12 Å². The van der Waals surface area contributed by atoms with E-state index in [2.05, 4.69) is 19.2 Å². The first-order chi connectivity index (χ1) is 11.8. The van der Waals surface area contributed by atoms with Gasteiger partial charge < -0.3 is 10.1 Å². The van der Waals surface area contributed by atoms with Crippen molar-refractivity contribution in [3.8, 4) is 0 Å². The van der Waals surface area contributed by atoms with Crippen molar-refractivity contribution < 1.29 is 19.1 Å². The molecule has 1 rings (SSSR count). The van der Waals surface area contributed by atoms with Gasteiger partial charge in [-0.25, -0.2) is 4.79 Å². The fourth-order valence-electron chi connectivity index (χ4n) is 2.58. The predicted molar refractivity (Wildman–Crippen MR) is 100 cm³/mol. The van der Waals surface area contributed by atoms with E-state index in [4.69, 9.17) is 4.74 Å². The van der Waals surface area contributed by atoms with Gasteiger partial charge >= 0.3 is 5.97 Å². The summed E-state index contributed by atoms with van der Waals surface area (Å²) in [6, 6.07) is 8.72. The van der Waals surface area contributed by atoms with E-state index < -0.39 is 12.0 Å². The van der Waals surface area contributed by atoms with Crippen molar-refractivity contribution >= 4 is 28.8 Å². The Labute approximate surface area is 153 Å². The molecule has 25 heavy (non-hydrogen) atoms. The second-order valence-corrected chi connectivity index (χ2v) is 7.88. The van der Waals surface area contributed by atoms with E-state index in [-0.39, 0.29) is 22.7 Å². The molecule has 0 aliphatic rings. The van der Waals surface area contributed by atoms with Crippen LogP contribution in [0.25, 0.3) is 0 Å². The lowest BCUT2D eigenvalue weighted by Crippen LogP contribution is -2.43. The van der Waals surface area contributed by atoms with Gasteiger partial charge in [0.1, 0.15) is 6.04 Å². The van der Waals surface area contributed by atoms with Crippen molar-refractivity contribution in [2.75, 3.05) is 7.11 Å². The van der Waals surface area contributed by atoms with Gasteiger partial charge in [-0.1, -0.05) is 55.9 Å². The molecule has 1 amide bonds. The van der Waals surface area contributed by atoms with Crippen LogP contribution in [0.2, 0.25) is 0 Å². The Hall–Kier alpha value is -1.82. The van der Waals surface area contributed by atoms with Crippen LogP contribution < -0.4 is 5.32 Å². The molecular weight excluding hydrogens is 338 g/mol. The van der Waals surface area contributed by atoms with E-state index in [9.17, 15) is 14.4 Å². The van der Waals surface area contributed by atoms with E-state index in [0.717, 1.165) is 12.0 Å². The van der Waals surface area contributed by atoms with Crippen molar-refractivity contribution in [2.45, 2.75) is 51.3 Å². The molecule has 0 fully saturated rings. The summed E-state index contributed by atoms with van der Waals surface area (Å²) in [5.41, 5.74) is 0.940. The third-order valence-electron chi connectivity index (χ3n) is 3.58. The van der Waals surface area contributed by atoms with Crippen molar-refractivity contribution in [3.05, 3.63) is 35.9 Å². The molecule has 0 radical (unpaired) electrons. The molecule has 1 N–H and O–H groups in total. The maximum atomic E-state index is 12.4. The summed E-state index contributed by atoms with van der Waals surface area (Å²) in [6.07, 6.45) is 1.33. The number of thioether (sulfide) groups is 1. The molecule has 1 aromatic rings. The maximum absolute atomic E-state index is 12.4. The lowest BCUT2D eigenvalue weighted by molar-refractivity contribution is -0.145. The number of carbonyl (C=O) groups excluding carboxylic acids is 3. The van der Waals surface area contributed by atoms with Crippen molar-refractivity contribution in [1.82, 2.24) is 5.32 Å². The molecule has 2 atom stereocenters. The van der Waals surface area contributed by atoms with E-state index in [1.54, 1.807) is 0 Å². The topological polar surface area (TPSA) is 72.5 Å². The van der Waals surface area contributed by atoms with Crippen LogP contribution in [0.1, 0.15) is 39.2 Å². The fourth-order valence-corrected chi connectivity index (χ4v) is 3.76. The molecular formula is C19H27NO4S. The van der Waals surface area contributed by atoms with Gasteiger partial charge in [-0.15, -0.1) is 0 Å². The summed E-state index contributed by atoms with van der Waals surface area (Å²) in [6.45, 7) is 5.61. The molecule has 0 bridgehead atoms. The van der Waals surface area contributed by atoms with Crippen molar-refractivity contribution in [3.63, 3.8) is 0 Å². The van der Waals surface area contributed by atoms with E-state index in [0.29, 0.717) is 12.3 Å². The number of nitrogens with one attached hydrogen (secondary N) is 1. The summed E-state index contributed by atoms with van der Waals surface area (Å²) in [5, 5.41) is 2.66. The van der Waals surface area contributed by atoms with Gasteiger partial charge in [0.25, 0.3) is 0 Å². The first kappa shape index (κ1) is 21.2. The van der Waals surface area contributed by atoms with Crippen molar-refractivity contribution in [1.29, 1.82) is 0 Å². The highest BCUT2D eigenvalue weighted by molar-refractivity contribution is 8.14. The summed E-state index contributed by atoms with van der Waals surface area (Å²) >= 11 is 1.19. The van der Waals surface area contributed by atoms with Gasteiger partial charge in [0, 0.05) is 25.0 Å². The Bertz CT molecular complexity index is 574. The molecule has 0 aromatic heterocycles. The summed E-state index contributed by atoms with van der Waals surface area (Å²) < 4.78 is 4.81. The number of hydrogen-bond donors (Lipinski definition) is 1. The molecule has 0 spiro atoms. The first-order valence-electron chi connectivity index (χ1n) is 8.40. The number of hydrogen-bond acceptors (Lipinski definition) is 5. The minimum absolute atomic E-state index is 0.00717. The van der Waals surface area contributed by atoms with Crippen LogP contribution >= 0.6 is 11.8 Å². The highest BCUT2D eigenvalue weighted by Gasteiger charge is 2.24. The second-order valence-electron chi connectivity index (χ2n) is 6.40. The third-order valence-corrected chi connectivity index (χ3v) is 4.61. The molecule has 0 heterocycles. The molecule has 138 valence electrons. The number of rotatable bonds is 9. The molecule has 0 aliphatic heterocycles. The van der Waals surface area contributed by atoms with Gasteiger partial charge in [-0.05, 0) is 17.9 Å². The first-order valence-corrected chi connectivity index (χ1v) is 9.28. The molecule has 1 unspecified atom stereocenters. The van der Waals surface area contributed by atoms with E-state index >= 15 is 0 Å². The largest absolute Gasteiger partial charge is 0.467 e. The van der Waals surface area contributed by atoms with Crippen LogP contribution in [-0.2, 0) is 25.5 Å². The number of methoxy groups -OCH3 is 1. The minimum Gasteiger partial charge on any atom is -0.467 e. The average molecular weight is 365 g/mol. The smallest absolute Gasteiger partial charge is 0.328 e. The SMILES string of the molecule is COC(=O)[C@H](Cc1ccccc1)NC(=O)CC(CC(C)C)SC(C)=O. The standard InChI is InChI=1S/C19H27NO4S/c1-13(2)10-16(25-14(3)21)12-18(22)20-17(19(23)24-4)11-15-8-6-5-7-9-15/h5-9,13,16-17H,10-12H2,1-4H3,(H,20,22)/t16?,17-/m0/s1. The molecule has 0 aliphatic carbocycles. The van der Waals surface area contributed by atoms with Gasteiger partial charge in [-0.2, -0.15) is 0 Å². The Morgan fingerprint density at radius 2 is 1.80 bits per heavy atom. The van der Waals surface area contributed by atoms with Crippen LogP contribution in [0.5, 0.6) is 0 Å². The van der Waals surface area contributed by atoms with Crippen LogP contribution in [-0.4, -0.2) is 35.4 Å². The molecule has 6 heteroatoms. The predicted octanol–water partition coefficient (Wildman–Crippen LogP) is 2.97. The van der Waals surface area contributed by atoms with Gasteiger partial charge in [0.2, 0.25) is 5.91 Å². The number of amides is 1. The molecule has 0 saturated carbocycles. The minimum atomic E-state index is -0.734. The Kier molecular flexibility index (Phi) is 9.27. The quantitative estimate of drug-likeness (QED) is 0.681. The van der Waals surface area contributed by atoms with E-state index in [1.807, 2.05) is 30.3 Å². The lowest BCUT2D eigenvalue weighted by Gasteiger charge is -2.20. The Morgan fingerprint density at radius 1 is 1.16 bits per heavy atom. The Morgan fingerprint density at radius 3 is 2.32 bits per heavy atom. The third kappa shape index (κ3) is 8.72. The van der Waals surface area contributed by atoms with Crippen LogP contribution in [0.3, 0.4) is 0 Å². The second kappa shape index (κ2) is 10.9. The fraction of sp³-hybridized carbons (Fsp3) is 0.526. The normalized spacial score (nSPS) is 13.2. The monoisotopic (exact) mass is 365 g/mol. The average Bonchev–Trinajstić information content (AvgIpc) is 2.53. The molecule has 1 aromatic carbocycles. The van der Waals surface area contributed by atoms with E-state index in [1.165, 1.54) is 25.8 Å². The van der Waals surface area contributed by atoms with Crippen LogP contribution in [0.15, 0.2) is 30.3 Å². The Balaban J connectivity index is 2.72. The highest BCUT2D eigenvalue weighted by Crippen LogP contribution is 2.23. The number of esters is 1. The number of ether oxygens (including phenoxy) is 1. The molecule has 0 saturated heterocycles. The highest BCUT2D eigenvalue weighted by atomic mass is 32.2. The van der Waals surface area contributed by atoms with Crippen LogP contribution in [0, 0.1) is 5.92 Å². The van der Waals surface area contributed by atoms with Crippen molar-refractivity contribution in [2.24, 2.45) is 5.92 Å². The van der Waals surface area contributed by atoms with Gasteiger partial charge in [-0.3, -0.25) is 9.59 Å². The lowest BCUT2D eigenvalue weighted by atomic mass is 10.0. The zero-order valence-corrected chi connectivity index (χ0v) is 16.1. The van der Waals surface area contributed by atoms with Crippen LogP contribution in [0.4, 0.5) is 0 Å². The summed E-state index contributed by atoms with van der Waals surface area (Å²) in [5.74, 6) is -0.340. The summed E-state index contributed by atoms with van der Waals surface area (Å²) in [7, 11) is 1.31.